The van der Waals surface area contributed by atoms with Crippen LogP contribution in [0.1, 0.15) is 36.2 Å². The summed E-state index contributed by atoms with van der Waals surface area (Å²) in [6.07, 6.45) is 2.36. The zero-order valence-corrected chi connectivity index (χ0v) is 18.4. The van der Waals surface area contributed by atoms with E-state index in [1.54, 1.807) is 24.4 Å². The molecule has 4 rings (SSSR count). The van der Waals surface area contributed by atoms with Crippen molar-refractivity contribution in [2.75, 3.05) is 5.73 Å². The van der Waals surface area contributed by atoms with Gasteiger partial charge in [-0.25, -0.2) is 9.97 Å². The molecule has 9 heteroatoms. The molecule has 1 amide bonds. The minimum Gasteiger partial charge on any atom is -0.383 e. The van der Waals surface area contributed by atoms with Crippen LogP contribution < -0.4 is 11.1 Å². The normalized spacial score (nSPS) is 12.6. The van der Waals surface area contributed by atoms with Gasteiger partial charge in [-0.2, -0.15) is 9.78 Å². The van der Waals surface area contributed by atoms with Crippen LogP contribution in [0, 0.1) is 0 Å². The average Bonchev–Trinajstić information content (AvgIpc) is 3.03. The third-order valence-corrected chi connectivity index (χ3v) is 5.70. The minimum absolute atomic E-state index is 0.0153. The fourth-order valence-electron chi connectivity index (χ4n) is 3.10. The molecule has 1 atom stereocenters. The molecule has 2 aromatic heterocycles. The molecule has 0 spiro atoms. The maximum absolute atomic E-state index is 13.0. The molecule has 7 nitrogen and oxygen atoms in total. The largest absolute Gasteiger partial charge is 0.383 e. The fraction of sp³-hybridized carbons (Fsp3) is 0.182. The number of benzene rings is 2. The molecule has 0 radical (unpaired) electrons. The van der Waals surface area contributed by atoms with Crippen molar-refractivity contribution in [1.82, 2.24) is 20.0 Å². The van der Waals surface area contributed by atoms with Gasteiger partial charge < -0.3 is 11.1 Å². The number of anilines is 1. The molecule has 31 heavy (non-hydrogen) atoms. The topological polar surface area (TPSA) is 98.2 Å². The third-order valence-electron chi connectivity index (χ3n) is 4.96. The second kappa shape index (κ2) is 8.53. The minimum atomic E-state index is -0.315. The summed E-state index contributed by atoms with van der Waals surface area (Å²) in [4.78, 5) is 22.3. The maximum atomic E-state index is 13.0. The van der Waals surface area contributed by atoms with E-state index in [2.05, 4.69) is 20.4 Å². The highest BCUT2D eigenvalue weighted by atomic mass is 35.5. The number of rotatable bonds is 5. The summed E-state index contributed by atoms with van der Waals surface area (Å²) in [5.41, 5.74) is 9.46. The molecule has 0 saturated carbocycles. The first-order valence-corrected chi connectivity index (χ1v) is 10.5. The summed E-state index contributed by atoms with van der Waals surface area (Å²) in [6, 6.07) is 12.5. The number of para-hydroxylation sites is 2. The van der Waals surface area contributed by atoms with Gasteiger partial charge in [-0.15, -0.1) is 0 Å². The van der Waals surface area contributed by atoms with E-state index >= 15 is 0 Å². The van der Waals surface area contributed by atoms with Crippen molar-refractivity contribution in [1.29, 1.82) is 0 Å². The first kappa shape index (κ1) is 21.1. The predicted octanol–water partition coefficient (Wildman–Crippen LogP) is 4.88. The number of halogens is 2. The lowest BCUT2D eigenvalue weighted by Crippen LogP contribution is -2.32. The van der Waals surface area contributed by atoms with Crippen molar-refractivity contribution in [2.24, 2.45) is 5.10 Å². The maximum Gasteiger partial charge on any atom is 0.257 e. The lowest BCUT2D eigenvalue weighted by molar-refractivity contribution is 0.0941. The average molecular weight is 455 g/mol. The second-order valence-electron chi connectivity index (χ2n) is 7.16. The smallest absolute Gasteiger partial charge is 0.257 e. The van der Waals surface area contributed by atoms with Crippen LogP contribution in [0.2, 0.25) is 10.0 Å². The Morgan fingerprint density at radius 2 is 1.90 bits per heavy atom. The molecule has 3 N–H and O–H groups in total. The summed E-state index contributed by atoms with van der Waals surface area (Å²) in [7, 11) is 0. The van der Waals surface area contributed by atoms with Crippen molar-refractivity contribution in [3.63, 3.8) is 0 Å². The van der Waals surface area contributed by atoms with Gasteiger partial charge in [0.2, 0.25) is 0 Å². The molecular formula is C22H20Cl2N6O. The van der Waals surface area contributed by atoms with Gasteiger partial charge in [0.15, 0.2) is 5.65 Å². The Balaban J connectivity index is 1.90. The van der Waals surface area contributed by atoms with Gasteiger partial charge in [-0.1, -0.05) is 48.3 Å². The van der Waals surface area contributed by atoms with Crippen molar-refractivity contribution >= 4 is 63.3 Å². The third kappa shape index (κ3) is 4.06. The lowest BCUT2D eigenvalue weighted by Gasteiger charge is -2.11. The van der Waals surface area contributed by atoms with Gasteiger partial charge in [0.05, 0.1) is 27.3 Å². The Hall–Kier alpha value is -3.16. The molecule has 0 aliphatic carbocycles. The molecule has 0 fully saturated rings. The molecule has 2 heterocycles. The quantitative estimate of drug-likeness (QED) is 0.419. The molecule has 0 saturated heterocycles. The van der Waals surface area contributed by atoms with E-state index in [0.29, 0.717) is 32.2 Å². The standard InChI is InChI=1S/C22H20Cl2N6O/c1-3-12(2)27-22(31)18-19-21(29-17-7-5-4-6-16(17)28-19)30(20(18)25)26-11-13-8-9-14(23)15(24)10-13/h4-12H,3,25H2,1-2H3,(H,27,31)/b26-11-/t12-/m0/s1. The monoisotopic (exact) mass is 454 g/mol. The molecular weight excluding hydrogens is 435 g/mol. The van der Waals surface area contributed by atoms with Gasteiger partial charge in [-0.05, 0) is 43.2 Å². The number of hydrogen-bond acceptors (Lipinski definition) is 5. The number of amides is 1. The molecule has 0 bridgehead atoms. The van der Waals surface area contributed by atoms with Crippen LogP contribution in [0.25, 0.3) is 22.2 Å². The lowest BCUT2D eigenvalue weighted by atomic mass is 10.2. The van der Waals surface area contributed by atoms with Crippen LogP contribution in [0.4, 0.5) is 5.82 Å². The summed E-state index contributed by atoms with van der Waals surface area (Å²) in [6.45, 7) is 3.92. The number of aromatic nitrogens is 3. The summed E-state index contributed by atoms with van der Waals surface area (Å²) < 4.78 is 1.42. The van der Waals surface area contributed by atoms with Crippen molar-refractivity contribution in [2.45, 2.75) is 26.3 Å². The van der Waals surface area contributed by atoms with Gasteiger partial charge in [0, 0.05) is 6.04 Å². The van der Waals surface area contributed by atoms with Crippen molar-refractivity contribution in [3.8, 4) is 0 Å². The van der Waals surface area contributed by atoms with Crippen molar-refractivity contribution < 1.29 is 4.79 Å². The van der Waals surface area contributed by atoms with Gasteiger partial charge in [0.25, 0.3) is 5.91 Å². The zero-order chi connectivity index (χ0) is 22.1. The first-order valence-electron chi connectivity index (χ1n) is 9.76. The van der Waals surface area contributed by atoms with E-state index in [1.807, 2.05) is 38.1 Å². The number of nitrogens with zero attached hydrogens (tertiary/aromatic N) is 4. The van der Waals surface area contributed by atoms with Gasteiger partial charge in [-0.3, -0.25) is 4.79 Å². The molecule has 2 aromatic carbocycles. The van der Waals surface area contributed by atoms with E-state index in [0.717, 1.165) is 12.0 Å². The van der Waals surface area contributed by atoms with Crippen LogP contribution in [0.15, 0.2) is 47.6 Å². The molecule has 158 valence electrons. The van der Waals surface area contributed by atoms with E-state index in [9.17, 15) is 4.79 Å². The highest BCUT2D eigenvalue weighted by Gasteiger charge is 2.24. The Labute approximate surface area is 188 Å². The summed E-state index contributed by atoms with van der Waals surface area (Å²) >= 11 is 12.1. The second-order valence-corrected chi connectivity index (χ2v) is 7.97. The SMILES string of the molecule is CC[C@H](C)NC(=O)c1c(N)n(/N=C\c2ccc(Cl)c(Cl)c2)c2nc3ccccc3nc12. The predicted molar refractivity (Wildman–Crippen MR) is 126 cm³/mol. The Morgan fingerprint density at radius 1 is 1.19 bits per heavy atom. The summed E-state index contributed by atoms with van der Waals surface area (Å²) in [5, 5.41) is 8.27. The van der Waals surface area contributed by atoms with Crippen LogP contribution in [-0.4, -0.2) is 32.8 Å². The molecule has 0 unspecified atom stereocenters. The van der Waals surface area contributed by atoms with Gasteiger partial charge in [0.1, 0.15) is 16.9 Å². The van der Waals surface area contributed by atoms with E-state index in [-0.39, 0.29) is 23.3 Å². The Morgan fingerprint density at radius 3 is 2.58 bits per heavy atom. The van der Waals surface area contributed by atoms with E-state index in [4.69, 9.17) is 28.9 Å². The number of nitrogen functional groups attached to an aromatic ring is 1. The number of carbonyl (C=O) groups excluding carboxylic acids is 1. The number of nitrogens with one attached hydrogen (secondary N) is 1. The summed E-state index contributed by atoms with van der Waals surface area (Å²) in [5.74, 6) is -0.160. The number of nitrogens with two attached hydrogens (primary N) is 1. The Kier molecular flexibility index (Phi) is 5.80. The van der Waals surface area contributed by atoms with Crippen LogP contribution in [0.5, 0.6) is 0 Å². The number of carbonyl (C=O) groups is 1. The van der Waals surface area contributed by atoms with Gasteiger partial charge >= 0.3 is 0 Å². The highest BCUT2D eigenvalue weighted by molar-refractivity contribution is 6.42. The Bertz CT molecular complexity index is 1330. The zero-order valence-electron chi connectivity index (χ0n) is 16.9. The van der Waals surface area contributed by atoms with Crippen LogP contribution in [-0.2, 0) is 0 Å². The number of fused-ring (bicyclic) bond motifs is 2. The molecule has 0 aliphatic rings. The number of hydrogen-bond donors (Lipinski definition) is 2. The van der Waals surface area contributed by atoms with Crippen LogP contribution >= 0.6 is 23.2 Å². The highest BCUT2D eigenvalue weighted by Crippen LogP contribution is 2.28. The molecule has 0 aliphatic heterocycles. The fourth-order valence-corrected chi connectivity index (χ4v) is 3.41. The van der Waals surface area contributed by atoms with Crippen molar-refractivity contribution in [3.05, 3.63) is 63.6 Å². The molecule has 4 aromatic rings. The van der Waals surface area contributed by atoms with Crippen LogP contribution in [0.3, 0.4) is 0 Å². The van der Waals surface area contributed by atoms with E-state index < -0.39 is 0 Å². The van der Waals surface area contributed by atoms with E-state index in [1.165, 1.54) is 4.68 Å². The first-order chi connectivity index (χ1) is 14.9.